The molecule has 2 rings (SSSR count). The van der Waals surface area contributed by atoms with Gasteiger partial charge in [0.2, 0.25) is 0 Å². The van der Waals surface area contributed by atoms with Gasteiger partial charge in [0.1, 0.15) is 5.75 Å². The summed E-state index contributed by atoms with van der Waals surface area (Å²) < 4.78 is 7.09. The minimum Gasteiger partial charge on any atom is -0.497 e. The van der Waals surface area contributed by atoms with Crippen molar-refractivity contribution in [1.29, 1.82) is 0 Å². The molecule has 0 saturated heterocycles. The summed E-state index contributed by atoms with van der Waals surface area (Å²) >= 11 is 0. The van der Waals surface area contributed by atoms with Crippen molar-refractivity contribution in [1.82, 2.24) is 9.55 Å². The van der Waals surface area contributed by atoms with Crippen LogP contribution in [0.1, 0.15) is 24.2 Å². The third kappa shape index (κ3) is 2.31. The number of aliphatic hydroxyl groups excluding tert-OH is 1. The first-order chi connectivity index (χ1) is 8.26. The average molecular weight is 232 g/mol. The van der Waals surface area contributed by atoms with Gasteiger partial charge in [-0.25, -0.2) is 4.98 Å². The number of nitrogens with zero attached hydrogens (tertiary/aromatic N) is 2. The van der Waals surface area contributed by atoms with Gasteiger partial charge in [-0.3, -0.25) is 0 Å². The highest BCUT2D eigenvalue weighted by Crippen LogP contribution is 2.22. The first-order valence-corrected chi connectivity index (χ1v) is 5.51. The van der Waals surface area contributed by atoms with E-state index < -0.39 is 0 Å². The second kappa shape index (κ2) is 5.01. The molecule has 1 aromatic heterocycles. The molecule has 0 amide bonds. The van der Waals surface area contributed by atoms with Crippen LogP contribution in [0.25, 0.3) is 0 Å². The van der Waals surface area contributed by atoms with Crippen molar-refractivity contribution in [2.75, 3.05) is 7.11 Å². The van der Waals surface area contributed by atoms with Crippen LogP contribution in [0.5, 0.6) is 5.75 Å². The fraction of sp³-hybridized carbons (Fsp3) is 0.308. The molecule has 2 aromatic rings. The molecule has 0 radical (unpaired) electrons. The van der Waals surface area contributed by atoms with Crippen LogP contribution in [0.15, 0.2) is 36.8 Å². The lowest BCUT2D eigenvalue weighted by atomic mass is 10.1. The van der Waals surface area contributed by atoms with E-state index >= 15 is 0 Å². The van der Waals surface area contributed by atoms with Gasteiger partial charge in [-0.2, -0.15) is 0 Å². The Labute approximate surface area is 100 Å². The molecular weight excluding hydrogens is 216 g/mol. The number of ether oxygens (including phenoxy) is 1. The van der Waals surface area contributed by atoms with Crippen LogP contribution in [0, 0.1) is 0 Å². The van der Waals surface area contributed by atoms with E-state index in [1.807, 2.05) is 28.8 Å². The molecule has 0 aliphatic heterocycles. The van der Waals surface area contributed by atoms with E-state index in [1.54, 1.807) is 19.6 Å². The Morgan fingerprint density at radius 3 is 2.65 bits per heavy atom. The normalized spacial score (nSPS) is 12.4. The van der Waals surface area contributed by atoms with Crippen molar-refractivity contribution < 1.29 is 9.84 Å². The number of aromatic nitrogens is 2. The highest BCUT2D eigenvalue weighted by atomic mass is 16.5. The summed E-state index contributed by atoms with van der Waals surface area (Å²) in [6.45, 7) is 2.07. The highest BCUT2D eigenvalue weighted by molar-refractivity contribution is 5.29. The van der Waals surface area contributed by atoms with Crippen molar-refractivity contribution in [3.63, 3.8) is 0 Å². The van der Waals surface area contributed by atoms with E-state index in [1.165, 1.54) is 0 Å². The van der Waals surface area contributed by atoms with E-state index in [-0.39, 0.29) is 12.6 Å². The molecule has 0 spiro atoms. The van der Waals surface area contributed by atoms with E-state index in [0.717, 1.165) is 17.0 Å². The third-order valence-electron chi connectivity index (χ3n) is 2.92. The van der Waals surface area contributed by atoms with E-state index in [2.05, 4.69) is 11.9 Å². The van der Waals surface area contributed by atoms with Gasteiger partial charge in [0.25, 0.3) is 0 Å². The number of rotatable bonds is 4. The van der Waals surface area contributed by atoms with Crippen molar-refractivity contribution in [3.8, 4) is 5.75 Å². The lowest BCUT2D eigenvalue weighted by Gasteiger charge is -2.16. The van der Waals surface area contributed by atoms with E-state index in [0.29, 0.717) is 0 Å². The van der Waals surface area contributed by atoms with Crippen LogP contribution >= 0.6 is 0 Å². The summed E-state index contributed by atoms with van der Waals surface area (Å²) in [5, 5.41) is 9.20. The Kier molecular flexibility index (Phi) is 3.44. The number of hydrogen-bond acceptors (Lipinski definition) is 3. The first-order valence-electron chi connectivity index (χ1n) is 5.51. The molecule has 0 fully saturated rings. The summed E-state index contributed by atoms with van der Waals surface area (Å²) in [7, 11) is 1.65. The summed E-state index contributed by atoms with van der Waals surface area (Å²) in [4.78, 5) is 4.05. The quantitative estimate of drug-likeness (QED) is 0.877. The molecule has 1 atom stereocenters. The molecule has 0 aliphatic rings. The maximum absolute atomic E-state index is 9.20. The van der Waals surface area contributed by atoms with Gasteiger partial charge >= 0.3 is 0 Å². The van der Waals surface area contributed by atoms with Crippen LogP contribution in [0.4, 0.5) is 0 Å². The van der Waals surface area contributed by atoms with Crippen LogP contribution in [0.3, 0.4) is 0 Å². The van der Waals surface area contributed by atoms with Crippen molar-refractivity contribution in [2.24, 2.45) is 0 Å². The van der Waals surface area contributed by atoms with Crippen LogP contribution in [-0.4, -0.2) is 21.8 Å². The van der Waals surface area contributed by atoms with Gasteiger partial charge in [-0.05, 0) is 24.6 Å². The average Bonchev–Trinajstić information content (AvgIpc) is 2.86. The van der Waals surface area contributed by atoms with Gasteiger partial charge in [-0.15, -0.1) is 0 Å². The fourth-order valence-electron chi connectivity index (χ4n) is 1.85. The molecular formula is C13H16N2O2. The SMILES string of the molecule is COc1ccc(C(C)n2cncc2CO)cc1. The Morgan fingerprint density at radius 1 is 1.35 bits per heavy atom. The Morgan fingerprint density at radius 2 is 2.06 bits per heavy atom. The van der Waals surface area contributed by atoms with Crippen LogP contribution < -0.4 is 4.74 Å². The molecule has 1 heterocycles. The Bertz CT molecular complexity index is 476. The molecule has 0 bridgehead atoms. The topological polar surface area (TPSA) is 47.3 Å². The van der Waals surface area contributed by atoms with Crippen LogP contribution in [0.2, 0.25) is 0 Å². The van der Waals surface area contributed by atoms with Crippen LogP contribution in [-0.2, 0) is 6.61 Å². The zero-order valence-corrected chi connectivity index (χ0v) is 10.00. The van der Waals surface area contributed by atoms with Crippen molar-refractivity contribution in [2.45, 2.75) is 19.6 Å². The number of aliphatic hydroxyl groups is 1. The number of benzene rings is 1. The summed E-state index contributed by atoms with van der Waals surface area (Å²) in [5.74, 6) is 0.842. The summed E-state index contributed by atoms with van der Waals surface area (Å²) in [5.41, 5.74) is 1.96. The molecule has 1 N–H and O–H groups in total. The smallest absolute Gasteiger partial charge is 0.118 e. The zero-order valence-electron chi connectivity index (χ0n) is 10.00. The van der Waals surface area contributed by atoms with Gasteiger partial charge in [0, 0.05) is 0 Å². The Balaban J connectivity index is 2.27. The minimum absolute atomic E-state index is 0.000491. The summed E-state index contributed by atoms with van der Waals surface area (Å²) in [6.07, 6.45) is 3.42. The number of methoxy groups -OCH3 is 1. The minimum atomic E-state index is 0.000491. The zero-order chi connectivity index (χ0) is 12.3. The van der Waals surface area contributed by atoms with Gasteiger partial charge in [0.15, 0.2) is 0 Å². The fourth-order valence-corrected chi connectivity index (χ4v) is 1.85. The van der Waals surface area contributed by atoms with Crippen molar-refractivity contribution >= 4 is 0 Å². The maximum atomic E-state index is 9.20. The standard InChI is InChI=1S/C13H16N2O2/c1-10(15-9-14-7-12(15)8-16)11-3-5-13(17-2)6-4-11/h3-7,9-10,16H,8H2,1-2H3. The predicted molar refractivity (Wildman–Crippen MR) is 65.0 cm³/mol. The highest BCUT2D eigenvalue weighted by Gasteiger charge is 2.10. The van der Waals surface area contributed by atoms with Gasteiger partial charge in [-0.1, -0.05) is 12.1 Å². The summed E-state index contributed by atoms with van der Waals surface area (Å²) in [6, 6.07) is 8.04. The van der Waals surface area contributed by atoms with Gasteiger partial charge in [0.05, 0.1) is 38.0 Å². The Hall–Kier alpha value is -1.81. The molecule has 4 nitrogen and oxygen atoms in total. The van der Waals surface area contributed by atoms with E-state index in [4.69, 9.17) is 4.74 Å². The molecule has 4 heteroatoms. The lowest BCUT2D eigenvalue weighted by molar-refractivity contribution is 0.269. The molecule has 90 valence electrons. The molecule has 17 heavy (non-hydrogen) atoms. The third-order valence-corrected chi connectivity index (χ3v) is 2.92. The number of hydrogen-bond donors (Lipinski definition) is 1. The lowest BCUT2D eigenvalue weighted by Crippen LogP contribution is -2.09. The largest absolute Gasteiger partial charge is 0.497 e. The first kappa shape index (κ1) is 11.7. The molecule has 0 aliphatic carbocycles. The molecule has 1 aromatic carbocycles. The van der Waals surface area contributed by atoms with E-state index in [9.17, 15) is 5.11 Å². The molecule has 1 unspecified atom stereocenters. The monoisotopic (exact) mass is 232 g/mol. The number of imidazole rings is 1. The predicted octanol–water partition coefficient (Wildman–Crippen LogP) is 1.99. The second-order valence-corrected chi connectivity index (χ2v) is 3.90. The maximum Gasteiger partial charge on any atom is 0.118 e. The second-order valence-electron chi connectivity index (χ2n) is 3.90. The van der Waals surface area contributed by atoms with Gasteiger partial charge < -0.3 is 14.4 Å². The molecule has 0 saturated carbocycles. The van der Waals surface area contributed by atoms with Crippen molar-refractivity contribution in [3.05, 3.63) is 48.0 Å².